The molecule has 2 N–H and O–H groups in total. The van der Waals surface area contributed by atoms with Gasteiger partial charge in [-0.3, -0.25) is 9.59 Å². The van der Waals surface area contributed by atoms with Crippen molar-refractivity contribution < 1.29 is 19.1 Å². The van der Waals surface area contributed by atoms with E-state index in [0.29, 0.717) is 27.4 Å². The van der Waals surface area contributed by atoms with Crippen LogP contribution >= 0.6 is 11.3 Å². The van der Waals surface area contributed by atoms with Gasteiger partial charge in [0.2, 0.25) is 5.91 Å². The highest BCUT2D eigenvalue weighted by atomic mass is 32.1. The minimum Gasteiger partial charge on any atom is -0.462 e. The van der Waals surface area contributed by atoms with Gasteiger partial charge in [-0.2, -0.15) is 0 Å². The summed E-state index contributed by atoms with van der Waals surface area (Å²) in [6.07, 6.45) is 0. The van der Waals surface area contributed by atoms with Gasteiger partial charge in [-0.1, -0.05) is 35.9 Å². The smallest absolute Gasteiger partial charge is 0.341 e. The lowest BCUT2D eigenvalue weighted by Crippen LogP contribution is -2.15. The molecule has 0 atom stereocenters. The average Bonchev–Trinajstić information content (AvgIpc) is 3.12. The third-order valence-corrected chi connectivity index (χ3v) is 5.20. The van der Waals surface area contributed by atoms with E-state index in [2.05, 4.69) is 10.6 Å². The van der Waals surface area contributed by atoms with E-state index in [-0.39, 0.29) is 18.4 Å². The Morgan fingerprint density at radius 2 is 1.77 bits per heavy atom. The molecular weight excluding hydrogens is 400 g/mol. The van der Waals surface area contributed by atoms with Crippen LogP contribution < -0.4 is 10.6 Å². The van der Waals surface area contributed by atoms with Gasteiger partial charge in [-0.15, -0.1) is 11.3 Å². The fourth-order valence-electron chi connectivity index (χ4n) is 2.92. The summed E-state index contributed by atoms with van der Waals surface area (Å²) >= 11 is 1.26. The highest BCUT2D eigenvalue weighted by molar-refractivity contribution is 7.15. The zero-order chi connectivity index (χ0) is 21.7. The SMILES string of the molecule is CCOC(=O)c1c(-c2ccc(C)cc2)csc1NC(=O)c1cccc(NC(C)=O)c1. The number of anilines is 2. The molecule has 0 bridgehead atoms. The van der Waals surface area contributed by atoms with E-state index in [9.17, 15) is 14.4 Å². The molecule has 7 heteroatoms. The van der Waals surface area contributed by atoms with Crippen LogP contribution in [-0.2, 0) is 9.53 Å². The van der Waals surface area contributed by atoms with Crippen molar-refractivity contribution in [2.45, 2.75) is 20.8 Å². The van der Waals surface area contributed by atoms with Crippen molar-refractivity contribution in [3.63, 3.8) is 0 Å². The number of hydrogen-bond acceptors (Lipinski definition) is 5. The Balaban J connectivity index is 1.94. The van der Waals surface area contributed by atoms with Crippen LogP contribution in [-0.4, -0.2) is 24.4 Å². The maximum absolute atomic E-state index is 12.8. The second-order valence-electron chi connectivity index (χ2n) is 6.66. The van der Waals surface area contributed by atoms with Crippen LogP contribution in [0.25, 0.3) is 11.1 Å². The maximum atomic E-state index is 12.8. The number of benzene rings is 2. The van der Waals surface area contributed by atoms with Crippen LogP contribution in [0.1, 0.15) is 40.1 Å². The third kappa shape index (κ3) is 4.93. The van der Waals surface area contributed by atoms with E-state index < -0.39 is 5.97 Å². The van der Waals surface area contributed by atoms with Gasteiger partial charge in [0.15, 0.2) is 0 Å². The van der Waals surface area contributed by atoms with Crippen LogP contribution in [0.5, 0.6) is 0 Å². The van der Waals surface area contributed by atoms with Crippen LogP contribution in [0.3, 0.4) is 0 Å². The molecule has 1 heterocycles. The molecule has 30 heavy (non-hydrogen) atoms. The van der Waals surface area contributed by atoms with Crippen molar-refractivity contribution in [3.8, 4) is 11.1 Å². The lowest BCUT2D eigenvalue weighted by atomic mass is 10.0. The van der Waals surface area contributed by atoms with Crippen molar-refractivity contribution in [1.82, 2.24) is 0 Å². The van der Waals surface area contributed by atoms with Gasteiger partial charge >= 0.3 is 5.97 Å². The summed E-state index contributed by atoms with van der Waals surface area (Å²) in [4.78, 5) is 36.7. The standard InChI is InChI=1S/C23H22N2O4S/c1-4-29-23(28)20-19(16-10-8-14(2)9-11-16)13-30-22(20)25-21(27)17-6-5-7-18(12-17)24-15(3)26/h5-13H,4H2,1-3H3,(H,24,26)(H,25,27). The quantitative estimate of drug-likeness (QED) is 0.541. The van der Waals surface area contributed by atoms with Gasteiger partial charge in [-0.05, 0) is 37.6 Å². The number of ether oxygens (including phenoxy) is 1. The molecule has 0 radical (unpaired) electrons. The minimum absolute atomic E-state index is 0.224. The number of rotatable bonds is 6. The molecule has 0 saturated carbocycles. The van der Waals surface area contributed by atoms with Gasteiger partial charge in [0.1, 0.15) is 10.6 Å². The number of aryl methyl sites for hydroxylation is 1. The largest absolute Gasteiger partial charge is 0.462 e. The molecule has 6 nitrogen and oxygen atoms in total. The minimum atomic E-state index is -0.489. The number of carbonyl (C=O) groups excluding carboxylic acids is 3. The van der Waals surface area contributed by atoms with Crippen LogP contribution in [0.2, 0.25) is 0 Å². The molecular formula is C23H22N2O4S. The van der Waals surface area contributed by atoms with Crippen molar-refractivity contribution in [2.24, 2.45) is 0 Å². The predicted molar refractivity (Wildman–Crippen MR) is 119 cm³/mol. The second kappa shape index (κ2) is 9.37. The highest BCUT2D eigenvalue weighted by Gasteiger charge is 2.23. The normalized spacial score (nSPS) is 10.4. The van der Waals surface area contributed by atoms with Crippen LogP contribution in [0, 0.1) is 6.92 Å². The number of carbonyl (C=O) groups is 3. The number of nitrogens with one attached hydrogen (secondary N) is 2. The van der Waals surface area contributed by atoms with Gasteiger partial charge in [0.05, 0.1) is 6.61 Å². The second-order valence-corrected chi connectivity index (χ2v) is 7.54. The van der Waals surface area contributed by atoms with E-state index in [1.165, 1.54) is 18.3 Å². The summed E-state index contributed by atoms with van der Waals surface area (Å²) < 4.78 is 5.23. The Morgan fingerprint density at radius 1 is 1.03 bits per heavy atom. The van der Waals surface area contributed by atoms with Crippen molar-refractivity contribution >= 4 is 39.8 Å². The zero-order valence-electron chi connectivity index (χ0n) is 16.9. The number of hydrogen-bond donors (Lipinski definition) is 2. The highest BCUT2D eigenvalue weighted by Crippen LogP contribution is 2.36. The van der Waals surface area contributed by atoms with Gasteiger partial charge in [0, 0.05) is 29.1 Å². The topological polar surface area (TPSA) is 84.5 Å². The molecule has 0 spiro atoms. The average molecular weight is 423 g/mol. The van der Waals surface area contributed by atoms with E-state index >= 15 is 0 Å². The first kappa shape index (κ1) is 21.3. The first-order valence-corrected chi connectivity index (χ1v) is 10.3. The molecule has 0 saturated heterocycles. The summed E-state index contributed by atoms with van der Waals surface area (Å²) in [7, 11) is 0. The Hall–Kier alpha value is -3.45. The summed E-state index contributed by atoms with van der Waals surface area (Å²) in [5.41, 5.74) is 3.90. The summed E-state index contributed by atoms with van der Waals surface area (Å²) in [6.45, 7) is 5.36. The third-order valence-electron chi connectivity index (χ3n) is 4.31. The van der Waals surface area contributed by atoms with E-state index in [0.717, 1.165) is 11.1 Å². The summed E-state index contributed by atoms with van der Waals surface area (Å²) in [5, 5.41) is 7.71. The lowest BCUT2D eigenvalue weighted by Gasteiger charge is -2.10. The molecule has 0 fully saturated rings. The Bertz CT molecular complexity index is 1090. The van der Waals surface area contributed by atoms with Crippen LogP contribution in [0.15, 0.2) is 53.9 Å². The molecule has 0 aliphatic rings. The molecule has 2 aromatic carbocycles. The van der Waals surface area contributed by atoms with Gasteiger partial charge < -0.3 is 15.4 Å². The fourth-order valence-corrected chi connectivity index (χ4v) is 3.87. The summed E-state index contributed by atoms with van der Waals surface area (Å²) in [5.74, 6) is -1.10. The van der Waals surface area contributed by atoms with E-state index in [4.69, 9.17) is 4.74 Å². The monoisotopic (exact) mass is 422 g/mol. The molecule has 0 aliphatic carbocycles. The maximum Gasteiger partial charge on any atom is 0.341 e. The molecule has 154 valence electrons. The number of esters is 1. The summed E-state index contributed by atoms with van der Waals surface area (Å²) in [6, 6.07) is 14.4. The zero-order valence-corrected chi connectivity index (χ0v) is 17.8. The number of thiophene rings is 1. The Kier molecular flexibility index (Phi) is 6.64. The van der Waals surface area contributed by atoms with Gasteiger partial charge in [-0.25, -0.2) is 4.79 Å². The molecule has 3 aromatic rings. The molecule has 2 amide bonds. The molecule has 3 rings (SSSR count). The Morgan fingerprint density at radius 3 is 2.43 bits per heavy atom. The van der Waals surface area contributed by atoms with Crippen molar-refractivity contribution in [1.29, 1.82) is 0 Å². The lowest BCUT2D eigenvalue weighted by molar-refractivity contribution is -0.114. The Labute approximate surface area is 178 Å². The molecule has 0 aliphatic heterocycles. The van der Waals surface area contributed by atoms with E-state index in [1.54, 1.807) is 31.2 Å². The predicted octanol–water partition coefficient (Wildman–Crippen LogP) is 5.11. The van der Waals surface area contributed by atoms with Crippen molar-refractivity contribution in [2.75, 3.05) is 17.2 Å². The number of amides is 2. The molecule has 0 unspecified atom stereocenters. The molecule has 1 aromatic heterocycles. The van der Waals surface area contributed by atoms with Crippen molar-refractivity contribution in [3.05, 3.63) is 70.6 Å². The van der Waals surface area contributed by atoms with Gasteiger partial charge in [0.25, 0.3) is 5.91 Å². The first-order valence-electron chi connectivity index (χ1n) is 9.43. The first-order chi connectivity index (χ1) is 14.4. The van der Waals surface area contributed by atoms with E-state index in [1.807, 2.05) is 36.6 Å². The van der Waals surface area contributed by atoms with Crippen LogP contribution in [0.4, 0.5) is 10.7 Å². The fraction of sp³-hybridized carbons (Fsp3) is 0.174.